The molecule has 1 aliphatic rings. The van der Waals surface area contributed by atoms with E-state index in [1.165, 1.54) is 5.56 Å². The number of nitrogens with two attached hydrogens (primary N) is 1. The van der Waals surface area contributed by atoms with Crippen LogP contribution in [-0.4, -0.2) is 40.9 Å². The second kappa shape index (κ2) is 6.81. The van der Waals surface area contributed by atoms with Crippen molar-refractivity contribution in [3.63, 3.8) is 0 Å². The molecule has 0 radical (unpaired) electrons. The fourth-order valence-electron chi connectivity index (χ4n) is 3.11. The zero-order valence-electron chi connectivity index (χ0n) is 13.8. The van der Waals surface area contributed by atoms with Crippen LogP contribution >= 0.6 is 11.6 Å². The van der Waals surface area contributed by atoms with Crippen LogP contribution in [0.1, 0.15) is 18.2 Å². The minimum absolute atomic E-state index is 0.735. The highest BCUT2D eigenvalue weighted by Gasteiger charge is 2.21. The van der Waals surface area contributed by atoms with E-state index >= 15 is 0 Å². The molecule has 0 bridgehead atoms. The molecular weight excluding hydrogens is 310 g/mol. The van der Waals surface area contributed by atoms with E-state index in [1.54, 1.807) is 0 Å². The van der Waals surface area contributed by atoms with E-state index in [1.807, 2.05) is 22.9 Å². The van der Waals surface area contributed by atoms with Gasteiger partial charge in [0.15, 0.2) is 0 Å². The number of hydrogen-bond acceptors (Lipinski definition) is 4. The molecule has 1 aromatic carbocycles. The molecule has 5 nitrogen and oxygen atoms in total. The number of aromatic nitrogens is 2. The van der Waals surface area contributed by atoms with Gasteiger partial charge >= 0.3 is 0 Å². The lowest BCUT2D eigenvalue weighted by atomic mass is 10.2. The van der Waals surface area contributed by atoms with E-state index in [0.717, 1.165) is 61.4 Å². The predicted molar refractivity (Wildman–Crippen MR) is 96.0 cm³/mol. The lowest BCUT2D eigenvalue weighted by Gasteiger charge is -2.36. The Balaban J connectivity index is 1.63. The summed E-state index contributed by atoms with van der Waals surface area (Å²) in [5, 5.41) is 5.26. The first-order valence-electron chi connectivity index (χ1n) is 8.12. The molecule has 1 aromatic heterocycles. The van der Waals surface area contributed by atoms with Crippen LogP contribution < -0.4 is 10.6 Å². The number of aryl methyl sites for hydroxylation is 2. The highest BCUT2D eigenvalue weighted by atomic mass is 35.5. The lowest BCUT2D eigenvalue weighted by Crippen LogP contribution is -2.46. The first-order valence-corrected chi connectivity index (χ1v) is 8.50. The van der Waals surface area contributed by atoms with Gasteiger partial charge in [0.1, 0.15) is 0 Å². The van der Waals surface area contributed by atoms with Gasteiger partial charge in [0.2, 0.25) is 0 Å². The van der Waals surface area contributed by atoms with E-state index in [2.05, 4.69) is 34.9 Å². The molecule has 124 valence electrons. The van der Waals surface area contributed by atoms with Gasteiger partial charge in [0, 0.05) is 51.0 Å². The van der Waals surface area contributed by atoms with Gasteiger partial charge in [-0.15, -0.1) is 0 Å². The fourth-order valence-corrected chi connectivity index (χ4v) is 3.41. The topological polar surface area (TPSA) is 50.3 Å². The molecule has 0 aliphatic carbocycles. The highest BCUT2D eigenvalue weighted by molar-refractivity contribution is 6.34. The Morgan fingerprint density at radius 2 is 1.96 bits per heavy atom. The van der Waals surface area contributed by atoms with Gasteiger partial charge in [-0.2, -0.15) is 5.10 Å². The van der Waals surface area contributed by atoms with Crippen molar-refractivity contribution in [1.29, 1.82) is 0 Å². The van der Waals surface area contributed by atoms with Crippen molar-refractivity contribution in [2.45, 2.75) is 26.9 Å². The summed E-state index contributed by atoms with van der Waals surface area (Å²) in [7, 11) is 0. The van der Waals surface area contributed by atoms with Crippen LogP contribution in [0.2, 0.25) is 5.02 Å². The fraction of sp³-hybridized carbons (Fsp3) is 0.471. The normalized spacial score (nSPS) is 16.0. The molecule has 3 rings (SSSR count). The monoisotopic (exact) mass is 333 g/mol. The van der Waals surface area contributed by atoms with Crippen LogP contribution in [0.25, 0.3) is 0 Å². The van der Waals surface area contributed by atoms with Crippen LogP contribution in [0.4, 0.5) is 11.4 Å². The Morgan fingerprint density at radius 1 is 1.22 bits per heavy atom. The maximum atomic E-state index is 6.32. The number of anilines is 2. The average molecular weight is 334 g/mol. The SMILES string of the molecule is CCn1cc(CN2CCN(c3c(N)cccc3Cl)CC2)c(C)n1. The van der Waals surface area contributed by atoms with E-state index in [0.29, 0.717) is 0 Å². The number of piperazine rings is 1. The maximum absolute atomic E-state index is 6.32. The van der Waals surface area contributed by atoms with E-state index in [-0.39, 0.29) is 0 Å². The van der Waals surface area contributed by atoms with Crippen molar-refractivity contribution in [2.24, 2.45) is 0 Å². The standard InChI is InChI=1S/C17H24ClN5/c1-3-23-12-14(13(2)20-23)11-21-7-9-22(10-8-21)17-15(18)5-4-6-16(17)19/h4-6,12H,3,7-11,19H2,1-2H3. The number of nitrogen functional groups attached to an aromatic ring is 1. The van der Waals surface area contributed by atoms with Crippen molar-refractivity contribution >= 4 is 23.0 Å². The van der Waals surface area contributed by atoms with Crippen LogP contribution in [-0.2, 0) is 13.1 Å². The first-order chi connectivity index (χ1) is 11.1. The number of hydrogen-bond donors (Lipinski definition) is 1. The summed E-state index contributed by atoms with van der Waals surface area (Å²) in [6, 6.07) is 5.71. The van der Waals surface area contributed by atoms with Crippen molar-refractivity contribution in [1.82, 2.24) is 14.7 Å². The summed E-state index contributed by atoms with van der Waals surface area (Å²) in [5.41, 5.74) is 10.3. The van der Waals surface area contributed by atoms with Crippen molar-refractivity contribution < 1.29 is 0 Å². The zero-order chi connectivity index (χ0) is 16.4. The largest absolute Gasteiger partial charge is 0.397 e. The molecule has 0 unspecified atom stereocenters. The number of rotatable bonds is 4. The molecule has 0 saturated carbocycles. The summed E-state index contributed by atoms with van der Waals surface area (Å²) >= 11 is 6.32. The Kier molecular flexibility index (Phi) is 4.78. The summed E-state index contributed by atoms with van der Waals surface area (Å²) < 4.78 is 2.01. The second-order valence-corrected chi connectivity index (χ2v) is 6.44. The van der Waals surface area contributed by atoms with Gasteiger partial charge in [-0.25, -0.2) is 0 Å². The maximum Gasteiger partial charge on any atom is 0.0790 e. The third-order valence-corrected chi connectivity index (χ3v) is 4.78. The molecule has 2 N–H and O–H groups in total. The van der Waals surface area contributed by atoms with Gasteiger partial charge in [-0.05, 0) is 26.0 Å². The number of nitrogens with zero attached hydrogens (tertiary/aromatic N) is 4. The molecule has 1 fully saturated rings. The molecule has 2 heterocycles. The van der Waals surface area contributed by atoms with Gasteiger partial charge in [-0.1, -0.05) is 17.7 Å². The van der Waals surface area contributed by atoms with Gasteiger partial charge in [-0.3, -0.25) is 9.58 Å². The van der Waals surface area contributed by atoms with Gasteiger partial charge in [0.25, 0.3) is 0 Å². The van der Waals surface area contributed by atoms with Crippen LogP contribution in [0.5, 0.6) is 0 Å². The van der Waals surface area contributed by atoms with Gasteiger partial charge in [0.05, 0.1) is 22.1 Å². The Hall–Kier alpha value is -1.72. The summed E-state index contributed by atoms with van der Waals surface area (Å²) in [5.74, 6) is 0. The Labute approximate surface area is 142 Å². The van der Waals surface area contributed by atoms with E-state index in [4.69, 9.17) is 17.3 Å². The van der Waals surface area contributed by atoms with Crippen LogP contribution in [0, 0.1) is 6.92 Å². The van der Waals surface area contributed by atoms with Crippen LogP contribution in [0.3, 0.4) is 0 Å². The minimum atomic E-state index is 0.735. The Bertz CT molecular complexity index is 653. The highest BCUT2D eigenvalue weighted by Crippen LogP contribution is 2.32. The van der Waals surface area contributed by atoms with Crippen molar-refractivity contribution in [2.75, 3.05) is 36.8 Å². The summed E-state index contributed by atoms with van der Waals surface area (Å²) in [4.78, 5) is 4.75. The second-order valence-electron chi connectivity index (χ2n) is 6.04. The van der Waals surface area contributed by atoms with E-state index < -0.39 is 0 Å². The lowest BCUT2D eigenvalue weighted by molar-refractivity contribution is 0.249. The molecule has 6 heteroatoms. The molecule has 23 heavy (non-hydrogen) atoms. The Morgan fingerprint density at radius 3 is 2.57 bits per heavy atom. The molecule has 0 spiro atoms. The predicted octanol–water partition coefficient (Wildman–Crippen LogP) is 2.77. The zero-order valence-corrected chi connectivity index (χ0v) is 14.6. The molecule has 0 amide bonds. The smallest absolute Gasteiger partial charge is 0.0790 e. The minimum Gasteiger partial charge on any atom is -0.397 e. The van der Waals surface area contributed by atoms with Crippen molar-refractivity contribution in [3.05, 3.63) is 40.7 Å². The van der Waals surface area contributed by atoms with Crippen molar-refractivity contribution in [3.8, 4) is 0 Å². The molecule has 0 atom stereocenters. The molecular formula is C17H24ClN5. The number of para-hydroxylation sites is 1. The summed E-state index contributed by atoms with van der Waals surface area (Å²) in [6.07, 6.45) is 2.16. The quantitative estimate of drug-likeness (QED) is 0.874. The first kappa shape index (κ1) is 16.1. The number of halogens is 1. The molecule has 1 saturated heterocycles. The molecule has 1 aliphatic heterocycles. The van der Waals surface area contributed by atoms with E-state index in [9.17, 15) is 0 Å². The molecule has 2 aromatic rings. The number of benzene rings is 1. The summed E-state index contributed by atoms with van der Waals surface area (Å²) in [6.45, 7) is 9.95. The third-order valence-electron chi connectivity index (χ3n) is 4.47. The average Bonchev–Trinajstić information content (AvgIpc) is 2.89. The van der Waals surface area contributed by atoms with Crippen LogP contribution in [0.15, 0.2) is 24.4 Å². The van der Waals surface area contributed by atoms with Gasteiger partial charge < -0.3 is 10.6 Å². The third kappa shape index (κ3) is 3.46.